The molecule has 1 aliphatic rings. The summed E-state index contributed by atoms with van der Waals surface area (Å²) in [6.45, 7) is 3.14. The Balaban J connectivity index is 1.59. The quantitative estimate of drug-likeness (QED) is 0.365. The number of sulfonamides is 1. The SMILES string of the molecule is CCCS(=O)(=O)Nc1ccc(Cl)c(NC(=O)c2csc3c(NC4CCOCC4)ncnc23)c1Cl. The molecule has 1 amide bonds. The molecule has 4 rings (SSSR count). The van der Waals surface area contributed by atoms with Crippen LogP contribution in [0.2, 0.25) is 10.0 Å². The van der Waals surface area contributed by atoms with Crippen molar-refractivity contribution in [3.63, 3.8) is 0 Å². The van der Waals surface area contributed by atoms with Gasteiger partial charge >= 0.3 is 0 Å². The van der Waals surface area contributed by atoms with E-state index in [0.717, 1.165) is 17.5 Å². The number of rotatable bonds is 8. The van der Waals surface area contributed by atoms with Crippen molar-refractivity contribution in [2.24, 2.45) is 0 Å². The average molecular weight is 544 g/mol. The molecule has 0 radical (unpaired) electrons. The molecule has 3 aromatic rings. The van der Waals surface area contributed by atoms with Gasteiger partial charge in [-0.05, 0) is 31.4 Å². The van der Waals surface area contributed by atoms with Crippen LogP contribution in [-0.4, -0.2) is 49.3 Å². The zero-order valence-electron chi connectivity index (χ0n) is 18.2. The highest BCUT2D eigenvalue weighted by atomic mass is 35.5. The van der Waals surface area contributed by atoms with Gasteiger partial charge in [0.2, 0.25) is 10.0 Å². The van der Waals surface area contributed by atoms with Crippen LogP contribution < -0.4 is 15.4 Å². The molecular weight excluding hydrogens is 521 g/mol. The van der Waals surface area contributed by atoms with Crippen molar-refractivity contribution < 1.29 is 17.9 Å². The predicted molar refractivity (Wildman–Crippen MR) is 137 cm³/mol. The number of carbonyl (C=O) groups excluding carboxylic acids is 1. The third-order valence-electron chi connectivity index (χ3n) is 5.23. The maximum atomic E-state index is 13.1. The van der Waals surface area contributed by atoms with Gasteiger partial charge < -0.3 is 15.4 Å². The number of nitrogens with one attached hydrogen (secondary N) is 3. The number of ether oxygens (including phenoxy) is 1. The Bertz CT molecular complexity index is 1310. The zero-order chi connectivity index (χ0) is 24.3. The Kier molecular flexibility index (Phi) is 7.78. The van der Waals surface area contributed by atoms with Gasteiger partial charge in [-0.2, -0.15) is 0 Å². The fraction of sp³-hybridized carbons (Fsp3) is 0.381. The fourth-order valence-corrected chi connectivity index (χ4v) is 6.23. The summed E-state index contributed by atoms with van der Waals surface area (Å²) in [7, 11) is -3.57. The van der Waals surface area contributed by atoms with Gasteiger partial charge in [-0.1, -0.05) is 30.1 Å². The third-order valence-corrected chi connectivity index (χ3v) is 8.39. The Morgan fingerprint density at radius 1 is 1.24 bits per heavy atom. The van der Waals surface area contributed by atoms with E-state index in [0.29, 0.717) is 36.5 Å². The van der Waals surface area contributed by atoms with Crippen molar-refractivity contribution in [2.45, 2.75) is 32.2 Å². The van der Waals surface area contributed by atoms with Gasteiger partial charge in [-0.3, -0.25) is 9.52 Å². The maximum Gasteiger partial charge on any atom is 0.258 e. The topological polar surface area (TPSA) is 122 Å². The average Bonchev–Trinajstić information content (AvgIpc) is 3.24. The molecule has 0 spiro atoms. The molecule has 0 saturated carbocycles. The van der Waals surface area contributed by atoms with E-state index in [1.807, 2.05) is 0 Å². The first-order valence-electron chi connectivity index (χ1n) is 10.7. The minimum absolute atomic E-state index is 0.00318. The van der Waals surface area contributed by atoms with Crippen LogP contribution in [0.3, 0.4) is 0 Å². The summed E-state index contributed by atoms with van der Waals surface area (Å²) < 4.78 is 32.9. The van der Waals surface area contributed by atoms with Gasteiger partial charge in [-0.15, -0.1) is 11.3 Å². The lowest BCUT2D eigenvalue weighted by molar-refractivity contribution is 0.0904. The van der Waals surface area contributed by atoms with Gasteiger partial charge in [-0.25, -0.2) is 18.4 Å². The first-order chi connectivity index (χ1) is 16.3. The lowest BCUT2D eigenvalue weighted by Gasteiger charge is -2.23. The number of anilines is 3. The van der Waals surface area contributed by atoms with Gasteiger partial charge in [0.15, 0.2) is 0 Å². The van der Waals surface area contributed by atoms with Crippen LogP contribution in [0.15, 0.2) is 23.8 Å². The van der Waals surface area contributed by atoms with Crippen molar-refractivity contribution >= 4 is 77.9 Å². The molecule has 13 heteroatoms. The molecule has 182 valence electrons. The first kappa shape index (κ1) is 24.9. The molecule has 1 aromatic carbocycles. The molecule has 1 saturated heterocycles. The number of halogens is 2. The Morgan fingerprint density at radius 3 is 2.74 bits per heavy atom. The van der Waals surface area contributed by atoms with E-state index in [1.54, 1.807) is 12.3 Å². The lowest BCUT2D eigenvalue weighted by Crippen LogP contribution is -2.28. The third kappa shape index (κ3) is 5.55. The van der Waals surface area contributed by atoms with Crippen molar-refractivity contribution in [1.82, 2.24) is 9.97 Å². The molecule has 34 heavy (non-hydrogen) atoms. The Labute approximate surface area is 211 Å². The number of hydrogen-bond donors (Lipinski definition) is 3. The summed E-state index contributed by atoms with van der Waals surface area (Å²) >= 11 is 14.0. The van der Waals surface area contributed by atoms with Crippen molar-refractivity contribution in [3.8, 4) is 0 Å². The smallest absolute Gasteiger partial charge is 0.258 e. The second-order valence-electron chi connectivity index (χ2n) is 7.74. The molecular formula is C21H23Cl2N5O4S2. The number of fused-ring (bicyclic) bond motifs is 1. The molecule has 0 atom stereocenters. The van der Waals surface area contributed by atoms with E-state index in [1.165, 1.54) is 29.8 Å². The number of thiophene rings is 1. The van der Waals surface area contributed by atoms with E-state index in [4.69, 9.17) is 27.9 Å². The first-order valence-corrected chi connectivity index (χ1v) is 13.9. The molecule has 2 aromatic heterocycles. The molecule has 3 heterocycles. The summed E-state index contributed by atoms with van der Waals surface area (Å²) in [4.78, 5) is 21.8. The maximum absolute atomic E-state index is 13.1. The predicted octanol–water partition coefficient (Wildman–Crippen LogP) is 4.99. The molecule has 1 aliphatic heterocycles. The molecule has 1 fully saturated rings. The summed E-state index contributed by atoms with van der Waals surface area (Å²) in [5.74, 6) is 0.141. The largest absolute Gasteiger partial charge is 0.381 e. The molecule has 3 N–H and O–H groups in total. The summed E-state index contributed by atoms with van der Waals surface area (Å²) in [5.41, 5.74) is 1.08. The number of nitrogens with zero attached hydrogens (tertiary/aromatic N) is 2. The van der Waals surface area contributed by atoms with E-state index in [-0.39, 0.29) is 33.2 Å². The minimum atomic E-state index is -3.57. The van der Waals surface area contributed by atoms with Crippen molar-refractivity contribution in [2.75, 3.05) is 34.3 Å². The lowest BCUT2D eigenvalue weighted by atomic mass is 10.1. The van der Waals surface area contributed by atoms with Crippen LogP contribution in [-0.2, 0) is 14.8 Å². The number of aromatic nitrogens is 2. The van der Waals surface area contributed by atoms with Crippen molar-refractivity contribution in [1.29, 1.82) is 0 Å². The fourth-order valence-electron chi connectivity index (χ4n) is 3.56. The van der Waals surface area contributed by atoms with E-state index in [2.05, 4.69) is 25.3 Å². The monoisotopic (exact) mass is 543 g/mol. The summed E-state index contributed by atoms with van der Waals surface area (Å²) in [5, 5.41) is 7.99. The molecule has 0 aliphatic carbocycles. The van der Waals surface area contributed by atoms with Crippen LogP contribution in [0.1, 0.15) is 36.5 Å². The molecule has 9 nitrogen and oxygen atoms in total. The van der Waals surface area contributed by atoms with Crippen LogP contribution >= 0.6 is 34.5 Å². The normalized spacial score (nSPS) is 14.8. The second kappa shape index (κ2) is 10.6. The summed E-state index contributed by atoms with van der Waals surface area (Å²) in [6, 6.07) is 3.16. The highest BCUT2D eigenvalue weighted by Crippen LogP contribution is 2.38. The van der Waals surface area contributed by atoms with Crippen LogP contribution in [0, 0.1) is 0 Å². The second-order valence-corrected chi connectivity index (χ2v) is 11.2. The Hall–Kier alpha value is -2.18. The van der Waals surface area contributed by atoms with Crippen LogP contribution in [0.5, 0.6) is 0 Å². The van der Waals surface area contributed by atoms with E-state index >= 15 is 0 Å². The van der Waals surface area contributed by atoms with Crippen molar-refractivity contribution in [3.05, 3.63) is 39.4 Å². The van der Waals surface area contributed by atoms with Gasteiger partial charge in [0.25, 0.3) is 5.91 Å². The molecule has 0 bridgehead atoms. The van der Waals surface area contributed by atoms with E-state index < -0.39 is 15.9 Å². The van der Waals surface area contributed by atoms with E-state index in [9.17, 15) is 13.2 Å². The van der Waals surface area contributed by atoms with Gasteiger partial charge in [0.05, 0.1) is 43.0 Å². The minimum Gasteiger partial charge on any atom is -0.381 e. The zero-order valence-corrected chi connectivity index (χ0v) is 21.4. The van der Waals surface area contributed by atoms with Crippen LogP contribution in [0.25, 0.3) is 10.2 Å². The number of amides is 1. The van der Waals surface area contributed by atoms with Gasteiger partial charge in [0.1, 0.15) is 12.1 Å². The molecule has 0 unspecified atom stereocenters. The van der Waals surface area contributed by atoms with Crippen LogP contribution in [0.4, 0.5) is 17.2 Å². The van der Waals surface area contributed by atoms with Gasteiger partial charge in [0, 0.05) is 24.6 Å². The number of benzene rings is 1. The standard InChI is InChI=1S/C21H23Cl2N5O4S2/c1-2-9-34(30,31)28-15-4-3-14(22)18(16(15)23)27-21(29)13-10-33-19-17(13)24-11-25-20(19)26-12-5-7-32-8-6-12/h3-4,10-12,28H,2,5-9H2,1H3,(H,27,29)(H,24,25,26). The number of hydrogen-bond acceptors (Lipinski definition) is 8. The number of carbonyl (C=O) groups is 1. The summed E-state index contributed by atoms with van der Waals surface area (Å²) in [6.07, 6.45) is 3.61. The highest BCUT2D eigenvalue weighted by molar-refractivity contribution is 7.92. The Morgan fingerprint density at radius 2 is 2.00 bits per heavy atom. The highest BCUT2D eigenvalue weighted by Gasteiger charge is 2.22.